The van der Waals surface area contributed by atoms with Gasteiger partial charge in [0.1, 0.15) is 0 Å². The highest BCUT2D eigenvalue weighted by molar-refractivity contribution is 6.26. The summed E-state index contributed by atoms with van der Waals surface area (Å²) in [5.74, 6) is 0. The lowest BCUT2D eigenvalue weighted by atomic mass is 9.91. The Bertz CT molecular complexity index is 2230. The monoisotopic (exact) mass is 563 g/mol. The number of hydrogen-bond donors (Lipinski definition) is 0. The van der Waals surface area contributed by atoms with Gasteiger partial charge in [0.25, 0.3) is 0 Å². The maximum Gasteiger partial charge on any atom is 0.0709 e. The van der Waals surface area contributed by atoms with Gasteiger partial charge in [0.05, 0.1) is 11.4 Å². The molecule has 2 heteroatoms. The number of aromatic nitrogens is 1. The Morgan fingerprint density at radius 2 is 1.05 bits per heavy atom. The summed E-state index contributed by atoms with van der Waals surface area (Å²) in [6, 6.07) is 45.9. The summed E-state index contributed by atoms with van der Waals surface area (Å²) in [4.78, 5) is 5.07. The van der Waals surface area contributed by atoms with Crippen LogP contribution in [0.3, 0.4) is 0 Å². The SMILES string of the molecule is Cc1ccc(-c2cccc(-c3ccc4c5ccc(C6=CC=CC(c7ccc(C)cc7)[N-]6)cc5c5ccccc5c4c3)n2)cc1. The lowest BCUT2D eigenvalue weighted by Crippen LogP contribution is -1.99. The highest BCUT2D eigenvalue weighted by Gasteiger charge is 2.12. The van der Waals surface area contributed by atoms with Gasteiger partial charge in [-0.15, -0.1) is 5.70 Å². The molecule has 1 aliphatic heterocycles. The molecule has 0 fully saturated rings. The van der Waals surface area contributed by atoms with Crippen molar-refractivity contribution in [3.8, 4) is 22.5 Å². The predicted octanol–water partition coefficient (Wildman–Crippen LogP) is 11.5. The summed E-state index contributed by atoms with van der Waals surface area (Å²) in [5.41, 5.74) is 10.1. The Hall–Kier alpha value is -5.47. The van der Waals surface area contributed by atoms with E-state index < -0.39 is 0 Å². The van der Waals surface area contributed by atoms with Gasteiger partial charge < -0.3 is 5.32 Å². The van der Waals surface area contributed by atoms with Crippen LogP contribution in [-0.2, 0) is 0 Å². The minimum absolute atomic E-state index is 0.0242. The molecule has 7 aromatic rings. The largest absolute Gasteiger partial charge is 0.674 e. The first-order chi connectivity index (χ1) is 21.6. The molecule has 0 aliphatic carbocycles. The first kappa shape index (κ1) is 26.2. The van der Waals surface area contributed by atoms with Crippen LogP contribution in [0.5, 0.6) is 0 Å². The zero-order chi connectivity index (χ0) is 29.6. The van der Waals surface area contributed by atoms with Gasteiger partial charge in [-0.1, -0.05) is 144 Å². The van der Waals surface area contributed by atoms with Crippen molar-refractivity contribution in [1.82, 2.24) is 4.98 Å². The maximum absolute atomic E-state index is 5.15. The van der Waals surface area contributed by atoms with Crippen LogP contribution in [0.25, 0.3) is 65.8 Å². The molecule has 8 rings (SSSR count). The molecule has 1 aliphatic rings. The van der Waals surface area contributed by atoms with Crippen molar-refractivity contribution in [2.24, 2.45) is 0 Å². The third kappa shape index (κ3) is 4.66. The van der Waals surface area contributed by atoms with E-state index in [4.69, 9.17) is 10.3 Å². The maximum atomic E-state index is 5.15. The Morgan fingerprint density at radius 1 is 0.500 bits per heavy atom. The Morgan fingerprint density at radius 3 is 1.73 bits per heavy atom. The van der Waals surface area contributed by atoms with Crippen molar-refractivity contribution in [3.05, 3.63) is 173 Å². The molecule has 0 spiro atoms. The Labute approximate surface area is 258 Å². The number of fused-ring (bicyclic) bond motifs is 6. The number of pyridine rings is 1. The lowest BCUT2D eigenvalue weighted by Gasteiger charge is -2.36. The predicted molar refractivity (Wildman–Crippen MR) is 187 cm³/mol. The molecule has 2 heterocycles. The summed E-state index contributed by atoms with van der Waals surface area (Å²) < 4.78 is 0. The van der Waals surface area contributed by atoms with E-state index in [-0.39, 0.29) is 6.04 Å². The summed E-state index contributed by atoms with van der Waals surface area (Å²) >= 11 is 0. The minimum Gasteiger partial charge on any atom is -0.674 e. The highest BCUT2D eigenvalue weighted by Crippen LogP contribution is 2.41. The van der Waals surface area contributed by atoms with Crippen molar-refractivity contribution >= 4 is 38.0 Å². The summed E-state index contributed by atoms with van der Waals surface area (Å²) in [6.45, 7) is 4.23. The van der Waals surface area contributed by atoms with E-state index in [0.29, 0.717) is 0 Å². The summed E-state index contributed by atoms with van der Waals surface area (Å²) in [7, 11) is 0. The molecule has 0 amide bonds. The number of allylic oxidation sites excluding steroid dienone is 2. The zero-order valence-corrected chi connectivity index (χ0v) is 24.8. The lowest BCUT2D eigenvalue weighted by molar-refractivity contribution is 1.03. The second kappa shape index (κ2) is 10.7. The van der Waals surface area contributed by atoms with Crippen molar-refractivity contribution in [2.75, 3.05) is 0 Å². The molecule has 0 radical (unpaired) electrons. The van der Waals surface area contributed by atoms with Crippen LogP contribution in [0.4, 0.5) is 0 Å². The second-order valence-electron chi connectivity index (χ2n) is 11.8. The van der Waals surface area contributed by atoms with Crippen molar-refractivity contribution in [3.63, 3.8) is 0 Å². The molecule has 1 aromatic heterocycles. The van der Waals surface area contributed by atoms with Crippen LogP contribution in [-0.4, -0.2) is 4.98 Å². The van der Waals surface area contributed by atoms with Crippen LogP contribution in [0.1, 0.15) is 28.3 Å². The van der Waals surface area contributed by atoms with Crippen LogP contribution in [0.15, 0.2) is 146 Å². The van der Waals surface area contributed by atoms with E-state index in [1.54, 1.807) is 0 Å². The number of aryl methyl sites for hydroxylation is 2. The van der Waals surface area contributed by atoms with Crippen molar-refractivity contribution in [1.29, 1.82) is 0 Å². The Kier molecular flexibility index (Phi) is 6.34. The fourth-order valence-electron chi connectivity index (χ4n) is 6.36. The average molecular weight is 564 g/mol. The second-order valence-corrected chi connectivity index (χ2v) is 11.8. The van der Waals surface area contributed by atoms with Crippen LogP contribution >= 0.6 is 0 Å². The van der Waals surface area contributed by atoms with Gasteiger partial charge in [0.2, 0.25) is 0 Å². The van der Waals surface area contributed by atoms with E-state index in [9.17, 15) is 0 Å². The molecule has 44 heavy (non-hydrogen) atoms. The first-order valence-electron chi connectivity index (χ1n) is 15.2. The molecular weight excluding hydrogens is 532 g/mol. The quantitative estimate of drug-likeness (QED) is 0.196. The fourth-order valence-corrected chi connectivity index (χ4v) is 6.36. The van der Waals surface area contributed by atoms with Gasteiger partial charge in [-0.05, 0) is 76.0 Å². The first-order valence-corrected chi connectivity index (χ1v) is 15.2. The minimum atomic E-state index is 0.0242. The number of hydrogen-bond acceptors (Lipinski definition) is 1. The van der Waals surface area contributed by atoms with Crippen LogP contribution < -0.4 is 0 Å². The van der Waals surface area contributed by atoms with E-state index in [2.05, 4.69) is 159 Å². The summed E-state index contributed by atoms with van der Waals surface area (Å²) in [6.07, 6.45) is 6.43. The normalized spacial score (nSPS) is 14.6. The van der Waals surface area contributed by atoms with Crippen LogP contribution in [0, 0.1) is 13.8 Å². The van der Waals surface area contributed by atoms with Gasteiger partial charge in [-0.3, -0.25) is 0 Å². The summed E-state index contributed by atoms with van der Waals surface area (Å²) in [5, 5.41) is 12.6. The van der Waals surface area contributed by atoms with Crippen molar-refractivity contribution in [2.45, 2.75) is 19.9 Å². The van der Waals surface area contributed by atoms with E-state index in [0.717, 1.165) is 33.8 Å². The van der Waals surface area contributed by atoms with Crippen LogP contribution in [0.2, 0.25) is 0 Å². The number of nitrogens with zero attached hydrogens (tertiary/aromatic N) is 2. The highest BCUT2D eigenvalue weighted by atomic mass is 14.9. The van der Waals surface area contributed by atoms with Gasteiger partial charge >= 0.3 is 0 Å². The molecule has 0 saturated carbocycles. The molecule has 6 aromatic carbocycles. The molecular formula is C42H31N2-. The number of benzene rings is 6. The molecule has 0 N–H and O–H groups in total. The standard InChI is InChI=1S/C42H31N2/c1-27-13-17-29(18-14-27)39-9-5-11-41(43-39)31-21-23-35-36-24-22-32(26-38(36)34-8-4-3-7-33(34)37(35)25-31)42-12-6-10-40(44-42)30-19-15-28(2)16-20-30/h3-26,39H,1-2H3/q-1. The van der Waals surface area contributed by atoms with Gasteiger partial charge in [0.15, 0.2) is 0 Å². The molecule has 0 bridgehead atoms. The average Bonchev–Trinajstić information content (AvgIpc) is 3.09. The van der Waals surface area contributed by atoms with Crippen molar-refractivity contribution < 1.29 is 0 Å². The van der Waals surface area contributed by atoms with E-state index in [1.165, 1.54) is 49.0 Å². The topological polar surface area (TPSA) is 27.0 Å². The zero-order valence-electron chi connectivity index (χ0n) is 24.8. The third-order valence-electron chi connectivity index (χ3n) is 8.77. The third-order valence-corrected chi connectivity index (χ3v) is 8.77. The van der Waals surface area contributed by atoms with Gasteiger partial charge in [0, 0.05) is 11.1 Å². The molecule has 0 saturated heterocycles. The smallest absolute Gasteiger partial charge is 0.0709 e. The Balaban J connectivity index is 1.22. The van der Waals surface area contributed by atoms with Gasteiger partial charge in [-0.25, -0.2) is 4.98 Å². The fraction of sp³-hybridized carbons (Fsp3) is 0.0714. The molecule has 1 unspecified atom stereocenters. The molecule has 210 valence electrons. The van der Waals surface area contributed by atoms with E-state index >= 15 is 0 Å². The molecule has 1 atom stereocenters. The van der Waals surface area contributed by atoms with Gasteiger partial charge in [-0.2, -0.15) is 0 Å². The molecule has 2 nitrogen and oxygen atoms in total. The van der Waals surface area contributed by atoms with E-state index in [1.807, 2.05) is 0 Å². The number of rotatable bonds is 4.